The van der Waals surface area contributed by atoms with E-state index in [1.165, 1.54) is 12.1 Å². The van der Waals surface area contributed by atoms with Crippen molar-refractivity contribution in [2.75, 3.05) is 13.1 Å². The van der Waals surface area contributed by atoms with Crippen molar-refractivity contribution in [3.05, 3.63) is 111 Å². The number of hydrogen-bond acceptors (Lipinski definition) is 4. The van der Waals surface area contributed by atoms with Crippen molar-refractivity contribution >= 4 is 28.4 Å². The molecule has 0 saturated carbocycles. The van der Waals surface area contributed by atoms with E-state index < -0.39 is 17.0 Å². The highest BCUT2D eigenvalue weighted by Crippen LogP contribution is 2.43. The van der Waals surface area contributed by atoms with Crippen LogP contribution in [0.25, 0.3) is 10.9 Å². The van der Waals surface area contributed by atoms with E-state index >= 15 is 0 Å². The maximum atomic E-state index is 13.8. The van der Waals surface area contributed by atoms with Gasteiger partial charge in [-0.2, -0.15) is 0 Å². The molecule has 4 aromatic rings. The van der Waals surface area contributed by atoms with Gasteiger partial charge in [0.1, 0.15) is 6.04 Å². The lowest BCUT2D eigenvalue weighted by molar-refractivity contribution is -0.384. The lowest BCUT2D eigenvalue weighted by Gasteiger charge is -2.47. The van der Waals surface area contributed by atoms with Gasteiger partial charge in [-0.25, -0.2) is 0 Å². The van der Waals surface area contributed by atoms with Gasteiger partial charge in [-0.15, -0.1) is 0 Å². The second kappa shape index (κ2) is 8.64. The van der Waals surface area contributed by atoms with E-state index in [2.05, 4.69) is 4.98 Å². The molecule has 0 spiro atoms. The van der Waals surface area contributed by atoms with Gasteiger partial charge in [0.15, 0.2) is 0 Å². The molecule has 1 aromatic heterocycles. The van der Waals surface area contributed by atoms with Crippen LogP contribution in [-0.2, 0) is 22.4 Å². The highest BCUT2D eigenvalue weighted by Gasteiger charge is 2.48. The Morgan fingerprint density at radius 2 is 1.75 bits per heavy atom. The van der Waals surface area contributed by atoms with Gasteiger partial charge in [-0.3, -0.25) is 19.7 Å². The molecule has 8 heteroatoms. The predicted octanol–water partition coefficient (Wildman–Crippen LogP) is 4.00. The van der Waals surface area contributed by atoms with Crippen LogP contribution in [0.5, 0.6) is 0 Å². The minimum atomic E-state index is -0.669. The van der Waals surface area contributed by atoms with Crippen molar-refractivity contribution in [3.63, 3.8) is 0 Å². The molecule has 0 bridgehead atoms. The van der Waals surface area contributed by atoms with Crippen LogP contribution >= 0.6 is 0 Å². The summed E-state index contributed by atoms with van der Waals surface area (Å²) in [6, 6.07) is 22.8. The number of para-hydroxylation sites is 1. The number of fused-ring (bicyclic) bond motifs is 4. The number of H-pyrrole nitrogens is 1. The van der Waals surface area contributed by atoms with E-state index in [0.29, 0.717) is 24.9 Å². The molecule has 1 fully saturated rings. The molecule has 2 aliphatic heterocycles. The number of nitrogens with zero attached hydrogens (tertiary/aromatic N) is 3. The van der Waals surface area contributed by atoms with Gasteiger partial charge in [-0.05, 0) is 29.2 Å². The normalized spacial score (nSPS) is 19.3. The number of hydrogen-bond donors (Lipinski definition) is 1. The van der Waals surface area contributed by atoms with E-state index in [0.717, 1.165) is 27.7 Å². The summed E-state index contributed by atoms with van der Waals surface area (Å²) in [6.07, 6.45) is 1.07. The van der Waals surface area contributed by atoms with Crippen LogP contribution in [0.2, 0.25) is 0 Å². The second-order valence-electron chi connectivity index (χ2n) is 9.33. The number of amides is 2. The first-order valence-corrected chi connectivity index (χ1v) is 12.0. The molecule has 6 rings (SSSR count). The van der Waals surface area contributed by atoms with Crippen LogP contribution in [0.15, 0.2) is 78.9 Å². The number of carbonyl (C=O) groups is 2. The first-order chi connectivity index (χ1) is 17.5. The summed E-state index contributed by atoms with van der Waals surface area (Å²) in [5.41, 5.74) is 4.38. The third kappa shape index (κ3) is 3.62. The zero-order valence-corrected chi connectivity index (χ0v) is 19.5. The third-order valence-corrected chi connectivity index (χ3v) is 7.25. The SMILES string of the molecule is O=C1C2Cc3c([nH]c4ccccc34)C(c3cccc([N+](=O)[O-])c3)N2C(=O)CN1CCc1ccccc1. The highest BCUT2D eigenvalue weighted by molar-refractivity contribution is 5.97. The number of piperazine rings is 1. The minimum Gasteiger partial charge on any atom is -0.356 e. The Morgan fingerprint density at radius 1 is 0.972 bits per heavy atom. The average molecular weight is 481 g/mol. The molecule has 0 aliphatic carbocycles. The fraction of sp³-hybridized carbons (Fsp3) is 0.214. The summed E-state index contributed by atoms with van der Waals surface area (Å²) in [5.74, 6) is -0.245. The maximum Gasteiger partial charge on any atom is 0.269 e. The molecule has 3 heterocycles. The molecule has 36 heavy (non-hydrogen) atoms. The fourth-order valence-corrected chi connectivity index (χ4v) is 5.58. The number of non-ortho nitro benzene ring substituents is 1. The number of nitrogens with one attached hydrogen (secondary N) is 1. The van der Waals surface area contributed by atoms with Crippen molar-refractivity contribution in [2.24, 2.45) is 0 Å². The Balaban J connectivity index is 1.42. The summed E-state index contributed by atoms with van der Waals surface area (Å²) >= 11 is 0. The fourth-order valence-electron chi connectivity index (χ4n) is 5.58. The molecule has 180 valence electrons. The summed E-state index contributed by atoms with van der Waals surface area (Å²) < 4.78 is 0. The number of aromatic amines is 1. The van der Waals surface area contributed by atoms with Gasteiger partial charge >= 0.3 is 0 Å². The predicted molar refractivity (Wildman–Crippen MR) is 134 cm³/mol. The van der Waals surface area contributed by atoms with Gasteiger partial charge in [-0.1, -0.05) is 60.7 Å². The van der Waals surface area contributed by atoms with Crippen LogP contribution in [0.4, 0.5) is 5.69 Å². The maximum absolute atomic E-state index is 13.8. The first kappa shape index (κ1) is 22.0. The Morgan fingerprint density at radius 3 is 2.56 bits per heavy atom. The first-order valence-electron chi connectivity index (χ1n) is 12.0. The van der Waals surface area contributed by atoms with E-state index in [9.17, 15) is 19.7 Å². The average Bonchev–Trinajstić information content (AvgIpc) is 3.28. The van der Waals surface area contributed by atoms with E-state index in [-0.39, 0.29) is 24.0 Å². The molecule has 3 aromatic carbocycles. The molecule has 2 atom stereocenters. The van der Waals surface area contributed by atoms with E-state index in [4.69, 9.17) is 0 Å². The van der Waals surface area contributed by atoms with Crippen LogP contribution in [0.3, 0.4) is 0 Å². The largest absolute Gasteiger partial charge is 0.356 e. The summed E-state index contributed by atoms with van der Waals surface area (Å²) in [4.78, 5) is 45.2. The molecule has 2 aliphatic rings. The Kier molecular flexibility index (Phi) is 5.29. The topological polar surface area (TPSA) is 99.5 Å². The minimum absolute atomic E-state index is 0.0108. The Bertz CT molecular complexity index is 1500. The number of carbonyl (C=O) groups excluding carboxylic acids is 2. The molecule has 0 radical (unpaired) electrons. The lowest BCUT2D eigenvalue weighted by Crippen LogP contribution is -2.63. The zero-order valence-electron chi connectivity index (χ0n) is 19.5. The van der Waals surface area contributed by atoms with Gasteiger partial charge in [0.2, 0.25) is 11.8 Å². The second-order valence-corrected chi connectivity index (χ2v) is 9.33. The van der Waals surface area contributed by atoms with E-state index in [1.807, 2.05) is 54.6 Å². The van der Waals surface area contributed by atoms with Crippen LogP contribution in [0, 0.1) is 10.1 Å². The molecular formula is C28H24N4O4. The molecule has 1 saturated heterocycles. The van der Waals surface area contributed by atoms with Gasteiger partial charge in [0.25, 0.3) is 5.69 Å². The van der Waals surface area contributed by atoms with Crippen molar-refractivity contribution < 1.29 is 14.5 Å². The van der Waals surface area contributed by atoms with Crippen molar-refractivity contribution in [2.45, 2.75) is 24.9 Å². The number of rotatable bonds is 5. The smallest absolute Gasteiger partial charge is 0.269 e. The molecule has 8 nitrogen and oxygen atoms in total. The zero-order chi connectivity index (χ0) is 24.8. The Hall–Kier alpha value is -4.46. The molecular weight excluding hydrogens is 456 g/mol. The standard InChI is InChI=1S/C28H24N4O4/c33-25-17-30(14-13-18-7-2-1-3-8-18)28(34)24-16-22-21-11-4-5-12-23(21)29-26(22)27(31(24)25)19-9-6-10-20(15-19)32(35)36/h1-12,15,24,27,29H,13-14,16-17H2. The summed E-state index contributed by atoms with van der Waals surface area (Å²) in [6.45, 7) is 0.449. The van der Waals surface area contributed by atoms with Gasteiger partial charge < -0.3 is 14.8 Å². The molecule has 1 N–H and O–H groups in total. The number of nitro groups is 1. The van der Waals surface area contributed by atoms with Crippen molar-refractivity contribution in [1.82, 2.24) is 14.8 Å². The molecule has 2 amide bonds. The quantitative estimate of drug-likeness (QED) is 0.345. The summed E-state index contributed by atoms with van der Waals surface area (Å²) in [5, 5.41) is 12.5. The third-order valence-electron chi connectivity index (χ3n) is 7.25. The molecule has 2 unspecified atom stereocenters. The van der Waals surface area contributed by atoms with Gasteiger partial charge in [0, 0.05) is 41.7 Å². The van der Waals surface area contributed by atoms with Crippen LogP contribution in [-0.4, -0.2) is 50.7 Å². The monoisotopic (exact) mass is 480 g/mol. The van der Waals surface area contributed by atoms with Gasteiger partial charge in [0.05, 0.1) is 17.5 Å². The number of benzene rings is 3. The number of nitro benzene ring substituents is 1. The Labute approximate surface area is 207 Å². The number of aromatic nitrogens is 1. The van der Waals surface area contributed by atoms with Crippen LogP contribution in [0.1, 0.15) is 28.4 Å². The lowest BCUT2D eigenvalue weighted by atomic mass is 9.86. The van der Waals surface area contributed by atoms with Crippen LogP contribution < -0.4 is 0 Å². The van der Waals surface area contributed by atoms with E-state index in [1.54, 1.807) is 21.9 Å². The van der Waals surface area contributed by atoms with Crippen molar-refractivity contribution in [1.29, 1.82) is 0 Å². The van der Waals surface area contributed by atoms with Crippen molar-refractivity contribution in [3.8, 4) is 0 Å². The highest BCUT2D eigenvalue weighted by atomic mass is 16.6. The summed E-state index contributed by atoms with van der Waals surface area (Å²) in [7, 11) is 0.